The van der Waals surface area contributed by atoms with Crippen molar-refractivity contribution < 1.29 is 4.79 Å². The van der Waals surface area contributed by atoms with Gasteiger partial charge >= 0.3 is 0 Å². The molecule has 0 saturated heterocycles. The molecular formula is C16H15BrClN3OS2. The molecule has 8 heteroatoms. The fourth-order valence-corrected chi connectivity index (χ4v) is 4.79. The second-order valence-electron chi connectivity index (χ2n) is 5.45. The number of anilines is 1. The molecule has 4 nitrogen and oxygen atoms in total. The van der Waals surface area contributed by atoms with Gasteiger partial charge in [-0.2, -0.15) is 0 Å². The van der Waals surface area contributed by atoms with Crippen LogP contribution in [-0.2, 0) is 0 Å². The smallest absolute Gasteiger partial charge is 0.270 e. The van der Waals surface area contributed by atoms with Crippen molar-refractivity contribution in [2.45, 2.75) is 0 Å². The van der Waals surface area contributed by atoms with Crippen LogP contribution in [0, 0.1) is 0 Å². The maximum absolute atomic E-state index is 13.0. The van der Waals surface area contributed by atoms with E-state index in [2.05, 4.69) is 20.9 Å². The molecule has 2 aromatic heterocycles. The molecule has 0 unspecified atom stereocenters. The molecule has 2 heterocycles. The van der Waals surface area contributed by atoms with Crippen molar-refractivity contribution in [2.75, 3.05) is 32.1 Å². The number of fused-ring (bicyclic) bond motifs is 1. The lowest BCUT2D eigenvalue weighted by Gasteiger charge is -2.21. The third kappa shape index (κ3) is 3.81. The van der Waals surface area contributed by atoms with Gasteiger partial charge < -0.3 is 4.90 Å². The number of hydrogen-bond donors (Lipinski definition) is 0. The number of hydrogen-bond acceptors (Lipinski definition) is 5. The number of amides is 1. The summed E-state index contributed by atoms with van der Waals surface area (Å²) >= 11 is 12.6. The number of thiazole rings is 1. The minimum absolute atomic E-state index is 0.0391. The zero-order valence-electron chi connectivity index (χ0n) is 13.1. The fraction of sp³-hybridized carbons (Fsp3) is 0.250. The summed E-state index contributed by atoms with van der Waals surface area (Å²) in [5.41, 5.74) is 0.745. The third-order valence-electron chi connectivity index (χ3n) is 3.39. The molecule has 0 aliphatic heterocycles. The number of rotatable bonds is 5. The molecule has 0 atom stereocenters. The maximum Gasteiger partial charge on any atom is 0.270 e. The van der Waals surface area contributed by atoms with Crippen molar-refractivity contribution in [1.29, 1.82) is 0 Å². The molecule has 24 heavy (non-hydrogen) atoms. The molecule has 0 aliphatic rings. The lowest BCUT2D eigenvalue weighted by Crippen LogP contribution is -2.36. The molecule has 0 fully saturated rings. The van der Waals surface area contributed by atoms with Gasteiger partial charge in [-0.1, -0.05) is 29.0 Å². The summed E-state index contributed by atoms with van der Waals surface area (Å²) in [5, 5.41) is 1.28. The quantitative estimate of drug-likeness (QED) is 0.557. The Bertz CT molecular complexity index is 877. The Hall–Kier alpha value is -0.990. The number of para-hydroxylation sites is 1. The highest BCUT2D eigenvalue weighted by Gasteiger charge is 2.23. The standard InChI is InChI=1S/C16H15BrClN3OS2/c1-20(2)8-9-21(15(22)12-6-7-13(17)23-12)16-19-14-10(18)4-3-5-11(14)24-16/h3-7H,8-9H2,1-2H3. The Morgan fingerprint density at radius 1 is 1.21 bits per heavy atom. The molecule has 0 aliphatic carbocycles. The molecule has 3 aromatic rings. The van der Waals surface area contributed by atoms with E-state index in [1.165, 1.54) is 22.7 Å². The van der Waals surface area contributed by atoms with Crippen molar-refractivity contribution >= 4 is 71.5 Å². The summed E-state index contributed by atoms with van der Waals surface area (Å²) in [6, 6.07) is 9.40. The number of carbonyl (C=O) groups excluding carboxylic acids is 1. The first-order chi connectivity index (χ1) is 11.5. The summed E-state index contributed by atoms with van der Waals surface area (Å²) < 4.78 is 1.92. The largest absolute Gasteiger partial charge is 0.308 e. The van der Waals surface area contributed by atoms with Crippen LogP contribution in [0.2, 0.25) is 5.02 Å². The van der Waals surface area contributed by atoms with Crippen LogP contribution in [0.5, 0.6) is 0 Å². The predicted octanol–water partition coefficient (Wildman–Crippen LogP) is 4.98. The van der Waals surface area contributed by atoms with Gasteiger partial charge in [0.1, 0.15) is 5.52 Å². The summed E-state index contributed by atoms with van der Waals surface area (Å²) in [6.07, 6.45) is 0. The average molecular weight is 445 g/mol. The second kappa shape index (κ2) is 7.49. The van der Waals surface area contributed by atoms with Crippen LogP contribution in [0.3, 0.4) is 0 Å². The first-order valence-corrected chi connectivity index (χ1v) is 10.0. The summed E-state index contributed by atoms with van der Waals surface area (Å²) in [5.74, 6) is -0.0391. The maximum atomic E-state index is 13.0. The number of carbonyl (C=O) groups is 1. The number of aromatic nitrogens is 1. The summed E-state index contributed by atoms with van der Waals surface area (Å²) in [7, 11) is 3.97. The molecular weight excluding hydrogens is 430 g/mol. The molecule has 126 valence electrons. The van der Waals surface area contributed by atoms with Gasteiger partial charge in [0, 0.05) is 13.1 Å². The van der Waals surface area contributed by atoms with E-state index in [0.717, 1.165) is 20.5 Å². The highest BCUT2D eigenvalue weighted by molar-refractivity contribution is 9.11. The van der Waals surface area contributed by atoms with Gasteiger partial charge in [0.05, 0.1) is 18.4 Å². The van der Waals surface area contributed by atoms with Crippen molar-refractivity contribution in [3.63, 3.8) is 0 Å². The number of benzene rings is 1. The van der Waals surface area contributed by atoms with E-state index in [-0.39, 0.29) is 5.91 Å². The van der Waals surface area contributed by atoms with E-state index >= 15 is 0 Å². The minimum Gasteiger partial charge on any atom is -0.308 e. The Labute approximate surface area is 161 Å². The van der Waals surface area contributed by atoms with Crippen molar-refractivity contribution in [3.05, 3.63) is 44.0 Å². The van der Waals surface area contributed by atoms with Crippen LogP contribution in [0.4, 0.5) is 5.13 Å². The summed E-state index contributed by atoms with van der Waals surface area (Å²) in [4.78, 5) is 22.0. The van der Waals surface area contributed by atoms with Gasteiger partial charge in [0.25, 0.3) is 5.91 Å². The molecule has 0 radical (unpaired) electrons. The van der Waals surface area contributed by atoms with Crippen molar-refractivity contribution in [1.82, 2.24) is 9.88 Å². The fourth-order valence-electron chi connectivity index (χ4n) is 2.16. The highest BCUT2D eigenvalue weighted by Crippen LogP contribution is 2.34. The number of nitrogens with zero attached hydrogens (tertiary/aromatic N) is 3. The molecule has 0 bridgehead atoms. The van der Waals surface area contributed by atoms with Gasteiger partial charge in [0.2, 0.25) is 0 Å². The van der Waals surface area contributed by atoms with Crippen LogP contribution in [-0.4, -0.2) is 43.0 Å². The van der Waals surface area contributed by atoms with Gasteiger partial charge in [-0.25, -0.2) is 4.98 Å². The van der Waals surface area contributed by atoms with E-state index in [4.69, 9.17) is 11.6 Å². The zero-order valence-corrected chi connectivity index (χ0v) is 17.1. The van der Waals surface area contributed by atoms with Gasteiger partial charge in [-0.3, -0.25) is 9.69 Å². The Morgan fingerprint density at radius 2 is 2.00 bits per heavy atom. The number of halogens is 2. The molecule has 1 amide bonds. The van der Waals surface area contributed by atoms with Crippen molar-refractivity contribution in [2.24, 2.45) is 0 Å². The van der Waals surface area contributed by atoms with E-state index in [1.807, 2.05) is 49.3 Å². The highest BCUT2D eigenvalue weighted by atomic mass is 79.9. The van der Waals surface area contributed by atoms with Gasteiger partial charge in [-0.05, 0) is 54.3 Å². The van der Waals surface area contributed by atoms with Crippen LogP contribution in [0.1, 0.15) is 9.67 Å². The molecule has 1 aromatic carbocycles. The first-order valence-electron chi connectivity index (χ1n) is 7.22. The zero-order chi connectivity index (χ0) is 17.3. The molecule has 3 rings (SSSR count). The van der Waals surface area contributed by atoms with Gasteiger partial charge in [0.15, 0.2) is 5.13 Å². The molecule has 0 spiro atoms. The summed E-state index contributed by atoms with van der Waals surface area (Å²) in [6.45, 7) is 1.32. The Morgan fingerprint density at radius 3 is 2.62 bits per heavy atom. The number of likely N-dealkylation sites (N-methyl/N-ethyl adjacent to an activating group) is 1. The molecule has 0 saturated carbocycles. The van der Waals surface area contributed by atoms with E-state index in [9.17, 15) is 4.79 Å². The predicted molar refractivity (Wildman–Crippen MR) is 107 cm³/mol. The van der Waals surface area contributed by atoms with Crippen LogP contribution < -0.4 is 4.90 Å². The van der Waals surface area contributed by atoms with Gasteiger partial charge in [-0.15, -0.1) is 11.3 Å². The topological polar surface area (TPSA) is 36.4 Å². The normalized spacial score (nSPS) is 11.4. The average Bonchev–Trinajstić information content (AvgIpc) is 3.14. The van der Waals surface area contributed by atoms with E-state index in [0.29, 0.717) is 21.6 Å². The SMILES string of the molecule is CN(C)CCN(C(=O)c1ccc(Br)s1)c1nc2c(Cl)cccc2s1. The van der Waals surface area contributed by atoms with E-state index in [1.54, 1.807) is 4.90 Å². The van der Waals surface area contributed by atoms with Crippen LogP contribution >= 0.6 is 50.2 Å². The first kappa shape index (κ1) is 17.8. The number of thiophene rings is 1. The van der Waals surface area contributed by atoms with Crippen LogP contribution in [0.15, 0.2) is 34.1 Å². The third-order valence-corrected chi connectivity index (χ3v) is 6.35. The Balaban J connectivity index is 1.99. The molecule has 0 N–H and O–H groups in total. The minimum atomic E-state index is -0.0391. The second-order valence-corrected chi connectivity index (χ2v) is 9.33. The van der Waals surface area contributed by atoms with E-state index < -0.39 is 0 Å². The Kier molecular flexibility index (Phi) is 5.56. The van der Waals surface area contributed by atoms with Crippen LogP contribution in [0.25, 0.3) is 10.2 Å². The lowest BCUT2D eigenvalue weighted by atomic mass is 10.3. The van der Waals surface area contributed by atoms with Crippen molar-refractivity contribution in [3.8, 4) is 0 Å². The lowest BCUT2D eigenvalue weighted by molar-refractivity contribution is 0.0989. The monoisotopic (exact) mass is 443 g/mol.